The molecule has 5 rings (SSSR count). The van der Waals surface area contributed by atoms with E-state index in [4.69, 9.17) is 19.4 Å². The van der Waals surface area contributed by atoms with Gasteiger partial charge < -0.3 is 14.0 Å². The summed E-state index contributed by atoms with van der Waals surface area (Å²) in [5.74, 6) is 1.14. The molecule has 162 valence electrons. The second-order valence-corrected chi connectivity index (χ2v) is 8.94. The second-order valence-electron chi connectivity index (χ2n) is 8.94. The van der Waals surface area contributed by atoms with Crippen molar-refractivity contribution in [1.29, 1.82) is 0 Å². The van der Waals surface area contributed by atoms with Crippen molar-refractivity contribution in [1.82, 2.24) is 18.9 Å². The van der Waals surface area contributed by atoms with Gasteiger partial charge in [0.05, 0.1) is 29.6 Å². The number of esters is 1. The highest BCUT2D eigenvalue weighted by atomic mass is 16.5. The third-order valence-electron chi connectivity index (χ3n) is 5.87. The molecular weight excluding hydrogens is 392 g/mol. The highest BCUT2D eigenvalue weighted by Gasteiger charge is 2.26. The molecule has 31 heavy (non-hydrogen) atoms. The van der Waals surface area contributed by atoms with Gasteiger partial charge in [-0.2, -0.15) is 0 Å². The van der Waals surface area contributed by atoms with Crippen molar-refractivity contribution in [3.8, 4) is 5.75 Å². The van der Waals surface area contributed by atoms with Gasteiger partial charge in [0.15, 0.2) is 11.4 Å². The molecule has 0 radical (unpaired) electrons. The van der Waals surface area contributed by atoms with Crippen LogP contribution < -0.4 is 4.74 Å². The summed E-state index contributed by atoms with van der Waals surface area (Å²) in [5, 5.41) is 0.771. The minimum atomic E-state index is -0.265. The average Bonchev–Trinajstić information content (AvgIpc) is 3.45. The fraction of sp³-hybridized carbons (Fsp3) is 0.458. The lowest BCUT2D eigenvalue weighted by Crippen LogP contribution is -2.15. The zero-order valence-electron chi connectivity index (χ0n) is 18.5. The molecule has 0 bridgehead atoms. The SMILES string of the molecule is CC(C)C(=O)Oc1cn(C[C@@H]2CCCO2)c2nc(C(C)C)n3c4ccccc4nc3c12. The Morgan fingerprint density at radius 1 is 1.19 bits per heavy atom. The van der Waals surface area contributed by atoms with Crippen molar-refractivity contribution >= 4 is 33.7 Å². The molecule has 0 N–H and O–H groups in total. The van der Waals surface area contributed by atoms with Crippen molar-refractivity contribution in [3.63, 3.8) is 0 Å². The van der Waals surface area contributed by atoms with Crippen LogP contribution in [-0.2, 0) is 16.1 Å². The van der Waals surface area contributed by atoms with Gasteiger partial charge in [-0.1, -0.05) is 39.8 Å². The summed E-state index contributed by atoms with van der Waals surface area (Å²) >= 11 is 0. The summed E-state index contributed by atoms with van der Waals surface area (Å²) in [4.78, 5) is 22.5. The van der Waals surface area contributed by atoms with Gasteiger partial charge in [0.25, 0.3) is 0 Å². The smallest absolute Gasteiger partial charge is 0.313 e. The Hall–Kier alpha value is -2.93. The van der Waals surface area contributed by atoms with Crippen LogP contribution >= 0.6 is 0 Å². The Bertz CT molecular complexity index is 1280. The van der Waals surface area contributed by atoms with E-state index in [9.17, 15) is 4.79 Å². The number of nitrogens with zero attached hydrogens (tertiary/aromatic N) is 4. The Kier molecular flexibility index (Phi) is 4.93. The van der Waals surface area contributed by atoms with E-state index in [1.165, 1.54) is 0 Å². The molecular formula is C24H28N4O3. The number of benzene rings is 1. The molecule has 4 heterocycles. The van der Waals surface area contributed by atoms with Crippen LogP contribution in [0, 0.1) is 5.92 Å². The van der Waals surface area contributed by atoms with Crippen molar-refractivity contribution < 1.29 is 14.3 Å². The fourth-order valence-electron chi connectivity index (χ4n) is 4.27. The van der Waals surface area contributed by atoms with Crippen molar-refractivity contribution in [3.05, 3.63) is 36.3 Å². The lowest BCUT2D eigenvalue weighted by Gasteiger charge is -2.13. The number of fused-ring (bicyclic) bond motifs is 5. The van der Waals surface area contributed by atoms with Crippen molar-refractivity contribution in [2.75, 3.05) is 6.61 Å². The monoisotopic (exact) mass is 420 g/mol. The zero-order chi connectivity index (χ0) is 21.7. The van der Waals surface area contributed by atoms with E-state index in [1.54, 1.807) is 0 Å². The summed E-state index contributed by atoms with van der Waals surface area (Å²) in [6.07, 6.45) is 4.12. The van der Waals surface area contributed by atoms with E-state index >= 15 is 0 Å². The first-order valence-corrected chi connectivity index (χ1v) is 11.1. The molecule has 0 amide bonds. The highest BCUT2D eigenvalue weighted by molar-refractivity contribution is 6.01. The van der Waals surface area contributed by atoms with Gasteiger partial charge >= 0.3 is 5.97 Å². The van der Waals surface area contributed by atoms with Gasteiger partial charge in [0.2, 0.25) is 0 Å². The first kappa shape index (κ1) is 20.0. The lowest BCUT2D eigenvalue weighted by molar-refractivity contribution is -0.137. The molecule has 3 aromatic heterocycles. The van der Waals surface area contributed by atoms with Gasteiger partial charge in [0, 0.05) is 18.7 Å². The Morgan fingerprint density at radius 2 is 2.00 bits per heavy atom. The molecule has 1 aliphatic heterocycles. The van der Waals surface area contributed by atoms with Crippen molar-refractivity contribution in [2.45, 2.75) is 59.1 Å². The molecule has 0 unspecified atom stereocenters. The number of imidazole rings is 1. The number of hydrogen-bond donors (Lipinski definition) is 0. The zero-order valence-corrected chi connectivity index (χ0v) is 18.5. The van der Waals surface area contributed by atoms with Gasteiger partial charge in [-0.15, -0.1) is 0 Å². The molecule has 7 heteroatoms. The predicted octanol–water partition coefficient (Wildman–Crippen LogP) is 4.70. The molecule has 1 saturated heterocycles. The highest BCUT2D eigenvalue weighted by Crippen LogP contribution is 2.35. The molecule has 1 aliphatic rings. The van der Waals surface area contributed by atoms with E-state index in [1.807, 2.05) is 38.2 Å². The van der Waals surface area contributed by atoms with Gasteiger partial charge in [-0.3, -0.25) is 9.20 Å². The summed E-state index contributed by atoms with van der Waals surface area (Å²) < 4.78 is 15.9. The maximum Gasteiger partial charge on any atom is 0.313 e. The van der Waals surface area contributed by atoms with Crippen LogP contribution in [0.5, 0.6) is 5.75 Å². The largest absolute Gasteiger partial charge is 0.424 e. The van der Waals surface area contributed by atoms with Crippen LogP contribution in [0.25, 0.3) is 27.7 Å². The van der Waals surface area contributed by atoms with Gasteiger partial charge in [-0.25, -0.2) is 9.97 Å². The summed E-state index contributed by atoms with van der Waals surface area (Å²) in [6.45, 7) is 9.41. The Morgan fingerprint density at radius 3 is 2.71 bits per heavy atom. The summed E-state index contributed by atoms with van der Waals surface area (Å²) in [5.41, 5.74) is 3.46. The van der Waals surface area contributed by atoms with Gasteiger partial charge in [-0.05, 0) is 25.0 Å². The molecule has 4 aromatic rings. The van der Waals surface area contributed by atoms with Crippen molar-refractivity contribution in [2.24, 2.45) is 5.92 Å². The van der Waals surface area contributed by atoms with Crippen LogP contribution in [0.3, 0.4) is 0 Å². The molecule has 1 atom stereocenters. The normalized spacial score (nSPS) is 17.0. The first-order valence-electron chi connectivity index (χ1n) is 11.1. The fourth-order valence-corrected chi connectivity index (χ4v) is 4.27. The molecule has 0 aliphatic carbocycles. The van der Waals surface area contributed by atoms with Crippen LogP contribution in [0.2, 0.25) is 0 Å². The minimum absolute atomic E-state index is 0.142. The van der Waals surface area contributed by atoms with E-state index in [2.05, 4.69) is 28.9 Å². The lowest BCUT2D eigenvalue weighted by atomic mass is 10.2. The Labute approximate surface area is 181 Å². The van der Waals surface area contributed by atoms with E-state index in [0.29, 0.717) is 12.3 Å². The first-order chi connectivity index (χ1) is 14.9. The molecule has 7 nitrogen and oxygen atoms in total. The molecule has 1 aromatic carbocycles. The van der Waals surface area contributed by atoms with E-state index in [-0.39, 0.29) is 23.9 Å². The molecule has 0 saturated carbocycles. The third-order valence-corrected chi connectivity index (χ3v) is 5.87. The van der Waals surface area contributed by atoms with Crippen LogP contribution in [-0.4, -0.2) is 37.6 Å². The van der Waals surface area contributed by atoms with E-state index in [0.717, 1.165) is 53.0 Å². The number of hydrogen-bond acceptors (Lipinski definition) is 5. The quantitative estimate of drug-likeness (QED) is 0.438. The Balaban J connectivity index is 1.81. The molecule has 1 fully saturated rings. The van der Waals surface area contributed by atoms with Crippen LogP contribution in [0.1, 0.15) is 52.3 Å². The summed E-state index contributed by atoms with van der Waals surface area (Å²) in [6, 6.07) is 8.04. The predicted molar refractivity (Wildman–Crippen MR) is 120 cm³/mol. The minimum Gasteiger partial charge on any atom is -0.424 e. The number of rotatable bonds is 5. The summed E-state index contributed by atoms with van der Waals surface area (Å²) in [7, 11) is 0. The standard InChI is InChI=1S/C24H28N4O3/c1-14(2)21-26-22-20(23-25-17-9-5-6-10-18(17)28(21)23)19(31-24(29)15(3)4)13-27(22)12-16-8-7-11-30-16/h5-6,9-10,13-16H,7-8,11-12H2,1-4H3/t16-/m0/s1. The molecule has 0 spiro atoms. The average molecular weight is 421 g/mol. The topological polar surface area (TPSA) is 70.7 Å². The van der Waals surface area contributed by atoms with Crippen LogP contribution in [0.4, 0.5) is 0 Å². The van der Waals surface area contributed by atoms with Crippen LogP contribution in [0.15, 0.2) is 30.5 Å². The maximum atomic E-state index is 12.5. The third kappa shape index (κ3) is 3.37. The number of para-hydroxylation sites is 2. The number of carbonyl (C=O) groups excluding carboxylic acids is 1. The van der Waals surface area contributed by atoms with E-state index < -0.39 is 0 Å². The number of aromatic nitrogens is 4. The van der Waals surface area contributed by atoms with Gasteiger partial charge in [0.1, 0.15) is 16.9 Å². The number of ether oxygens (including phenoxy) is 2. The number of carbonyl (C=O) groups is 1. The maximum absolute atomic E-state index is 12.5. The second kappa shape index (κ2) is 7.64.